The zero-order valence-electron chi connectivity index (χ0n) is 13.6. The van der Waals surface area contributed by atoms with Crippen molar-refractivity contribution in [2.24, 2.45) is 0 Å². The third-order valence-electron chi connectivity index (χ3n) is 3.94. The minimum atomic E-state index is -0.486. The van der Waals surface area contributed by atoms with Gasteiger partial charge in [-0.1, -0.05) is 11.6 Å². The van der Waals surface area contributed by atoms with E-state index in [1.807, 2.05) is 0 Å². The normalized spacial score (nSPS) is 11.0. The lowest BCUT2D eigenvalue weighted by molar-refractivity contribution is -0.116. The molecule has 0 spiro atoms. The number of hydrogen-bond donors (Lipinski definition) is 1. The minimum absolute atomic E-state index is 0.0384. The van der Waals surface area contributed by atoms with Crippen LogP contribution >= 0.6 is 11.6 Å². The van der Waals surface area contributed by atoms with Crippen LogP contribution in [-0.4, -0.2) is 15.5 Å². The second kappa shape index (κ2) is 6.68. The number of carbonyl (C=O) groups excluding carboxylic acids is 1. The van der Waals surface area contributed by atoms with Gasteiger partial charge >= 0.3 is 0 Å². The number of rotatable bonds is 4. The molecule has 0 unspecified atom stereocenters. The standard InChI is InChI=1S/C17H15ClFN3O3/c1-9-10(2)25-16-15(9)17(24)22(8-20-16)6-5-14(23)21-13-4-3-11(19)7-12(13)18/h3-4,7-8H,5-6H2,1-2H3,(H,21,23). The number of nitrogens with one attached hydrogen (secondary N) is 1. The van der Waals surface area contributed by atoms with Gasteiger partial charge in [-0.2, -0.15) is 0 Å². The highest BCUT2D eigenvalue weighted by Gasteiger charge is 2.14. The summed E-state index contributed by atoms with van der Waals surface area (Å²) in [5.74, 6) is -0.193. The average molecular weight is 364 g/mol. The molecule has 2 aromatic heterocycles. The number of carbonyl (C=O) groups is 1. The van der Waals surface area contributed by atoms with E-state index >= 15 is 0 Å². The summed E-state index contributed by atoms with van der Waals surface area (Å²) in [4.78, 5) is 28.7. The molecule has 0 radical (unpaired) electrons. The van der Waals surface area contributed by atoms with Crippen LogP contribution in [0.4, 0.5) is 10.1 Å². The van der Waals surface area contributed by atoms with E-state index in [-0.39, 0.29) is 29.5 Å². The summed E-state index contributed by atoms with van der Waals surface area (Å²) in [6, 6.07) is 3.70. The summed E-state index contributed by atoms with van der Waals surface area (Å²) in [6.07, 6.45) is 1.39. The van der Waals surface area contributed by atoms with Crippen LogP contribution in [0.3, 0.4) is 0 Å². The maximum atomic E-state index is 13.0. The van der Waals surface area contributed by atoms with Crippen LogP contribution in [0.1, 0.15) is 17.7 Å². The summed E-state index contributed by atoms with van der Waals surface area (Å²) in [7, 11) is 0. The van der Waals surface area contributed by atoms with Gasteiger partial charge in [0.1, 0.15) is 23.3 Å². The number of aromatic nitrogens is 2. The topological polar surface area (TPSA) is 77.1 Å². The van der Waals surface area contributed by atoms with Crippen molar-refractivity contribution < 1.29 is 13.6 Å². The Labute approximate surface area is 147 Å². The highest BCUT2D eigenvalue weighted by Crippen LogP contribution is 2.22. The van der Waals surface area contributed by atoms with E-state index in [9.17, 15) is 14.0 Å². The van der Waals surface area contributed by atoms with Crippen LogP contribution in [0.5, 0.6) is 0 Å². The monoisotopic (exact) mass is 363 g/mol. The molecule has 0 bridgehead atoms. The molecule has 130 valence electrons. The van der Waals surface area contributed by atoms with Gasteiger partial charge in [0.2, 0.25) is 11.6 Å². The Bertz CT molecular complexity index is 1030. The number of nitrogens with zero attached hydrogens (tertiary/aromatic N) is 2. The molecule has 0 fully saturated rings. The molecule has 1 aromatic carbocycles. The highest BCUT2D eigenvalue weighted by atomic mass is 35.5. The number of fused-ring (bicyclic) bond motifs is 1. The fraction of sp³-hybridized carbons (Fsp3) is 0.235. The number of halogens is 2. The van der Waals surface area contributed by atoms with Gasteiger partial charge in [-0.05, 0) is 32.0 Å². The fourth-order valence-corrected chi connectivity index (χ4v) is 2.67. The Morgan fingerprint density at radius 2 is 2.16 bits per heavy atom. The van der Waals surface area contributed by atoms with E-state index in [1.54, 1.807) is 13.8 Å². The highest BCUT2D eigenvalue weighted by molar-refractivity contribution is 6.33. The molecule has 6 nitrogen and oxygen atoms in total. The third kappa shape index (κ3) is 3.41. The predicted octanol–water partition coefficient (Wildman–Crippen LogP) is 3.43. The molecule has 25 heavy (non-hydrogen) atoms. The number of anilines is 1. The van der Waals surface area contributed by atoms with Crippen molar-refractivity contribution in [3.63, 3.8) is 0 Å². The number of furan rings is 1. The first-order valence-corrected chi connectivity index (χ1v) is 7.94. The van der Waals surface area contributed by atoms with Gasteiger partial charge in [0.25, 0.3) is 5.56 Å². The molecular formula is C17H15ClFN3O3. The largest absolute Gasteiger partial charge is 0.443 e. The summed E-state index contributed by atoms with van der Waals surface area (Å²) in [5.41, 5.74) is 1.09. The molecule has 0 aliphatic rings. The first-order chi connectivity index (χ1) is 11.9. The zero-order valence-corrected chi connectivity index (χ0v) is 14.4. The minimum Gasteiger partial charge on any atom is -0.443 e. The number of hydrogen-bond acceptors (Lipinski definition) is 4. The molecular weight excluding hydrogens is 349 g/mol. The third-order valence-corrected chi connectivity index (χ3v) is 4.25. The van der Waals surface area contributed by atoms with Gasteiger partial charge in [0.05, 0.1) is 10.7 Å². The van der Waals surface area contributed by atoms with E-state index in [0.29, 0.717) is 22.5 Å². The lowest BCUT2D eigenvalue weighted by atomic mass is 10.2. The molecule has 0 aliphatic carbocycles. The van der Waals surface area contributed by atoms with Crippen molar-refractivity contribution in [1.82, 2.24) is 9.55 Å². The van der Waals surface area contributed by atoms with E-state index in [0.717, 1.165) is 11.6 Å². The number of amides is 1. The van der Waals surface area contributed by atoms with Crippen molar-refractivity contribution in [3.05, 3.63) is 57.0 Å². The predicted molar refractivity (Wildman–Crippen MR) is 92.4 cm³/mol. The SMILES string of the molecule is Cc1oc2ncn(CCC(=O)Nc3ccc(F)cc3Cl)c(=O)c2c1C. The van der Waals surface area contributed by atoms with Gasteiger partial charge in [-0.25, -0.2) is 9.37 Å². The Morgan fingerprint density at radius 1 is 1.40 bits per heavy atom. The molecule has 3 aromatic rings. The first-order valence-electron chi connectivity index (χ1n) is 7.57. The van der Waals surface area contributed by atoms with Crippen LogP contribution in [0, 0.1) is 19.7 Å². The Balaban J connectivity index is 1.74. The Kier molecular flexibility index (Phi) is 4.59. The van der Waals surface area contributed by atoms with Crippen molar-refractivity contribution in [2.45, 2.75) is 26.8 Å². The molecule has 1 N–H and O–H groups in total. The lowest BCUT2D eigenvalue weighted by Crippen LogP contribution is -2.23. The summed E-state index contributed by atoms with van der Waals surface area (Å²) in [6.45, 7) is 3.70. The van der Waals surface area contributed by atoms with Gasteiger partial charge < -0.3 is 9.73 Å². The van der Waals surface area contributed by atoms with E-state index in [1.165, 1.54) is 23.0 Å². The van der Waals surface area contributed by atoms with Gasteiger partial charge in [0.15, 0.2) is 0 Å². The molecule has 0 saturated carbocycles. The summed E-state index contributed by atoms with van der Waals surface area (Å²) >= 11 is 5.87. The fourth-order valence-electron chi connectivity index (χ4n) is 2.45. The number of benzene rings is 1. The Morgan fingerprint density at radius 3 is 2.88 bits per heavy atom. The van der Waals surface area contributed by atoms with Crippen LogP contribution in [0.2, 0.25) is 5.02 Å². The van der Waals surface area contributed by atoms with Crippen molar-refractivity contribution in [1.29, 1.82) is 0 Å². The lowest BCUT2D eigenvalue weighted by Gasteiger charge is -2.08. The molecule has 8 heteroatoms. The maximum absolute atomic E-state index is 13.0. The smallest absolute Gasteiger partial charge is 0.264 e. The molecule has 1 amide bonds. The van der Waals surface area contributed by atoms with Crippen LogP contribution in [0.15, 0.2) is 33.7 Å². The molecule has 3 rings (SSSR count). The van der Waals surface area contributed by atoms with Crippen LogP contribution < -0.4 is 10.9 Å². The molecule has 0 aliphatic heterocycles. The zero-order chi connectivity index (χ0) is 18.1. The quantitative estimate of drug-likeness (QED) is 0.770. The molecule has 2 heterocycles. The first kappa shape index (κ1) is 17.2. The Hall–Kier alpha value is -2.67. The average Bonchev–Trinajstić information content (AvgIpc) is 2.85. The number of aryl methyl sites for hydroxylation is 3. The van der Waals surface area contributed by atoms with Crippen LogP contribution in [-0.2, 0) is 11.3 Å². The maximum Gasteiger partial charge on any atom is 0.264 e. The second-order valence-electron chi connectivity index (χ2n) is 5.63. The van der Waals surface area contributed by atoms with Crippen molar-refractivity contribution in [2.75, 3.05) is 5.32 Å². The van der Waals surface area contributed by atoms with Gasteiger partial charge in [-0.3, -0.25) is 14.2 Å². The van der Waals surface area contributed by atoms with E-state index in [2.05, 4.69) is 10.3 Å². The van der Waals surface area contributed by atoms with Crippen molar-refractivity contribution in [3.8, 4) is 0 Å². The van der Waals surface area contributed by atoms with Crippen LogP contribution in [0.25, 0.3) is 11.1 Å². The second-order valence-corrected chi connectivity index (χ2v) is 6.04. The van der Waals surface area contributed by atoms with E-state index in [4.69, 9.17) is 16.0 Å². The van der Waals surface area contributed by atoms with Gasteiger partial charge in [0, 0.05) is 18.5 Å². The molecule has 0 saturated heterocycles. The molecule has 0 atom stereocenters. The van der Waals surface area contributed by atoms with E-state index < -0.39 is 5.82 Å². The summed E-state index contributed by atoms with van der Waals surface area (Å²) < 4.78 is 19.8. The summed E-state index contributed by atoms with van der Waals surface area (Å²) in [5, 5.41) is 3.12. The van der Waals surface area contributed by atoms with Gasteiger partial charge in [-0.15, -0.1) is 0 Å². The van der Waals surface area contributed by atoms with Crippen molar-refractivity contribution >= 4 is 34.3 Å².